The van der Waals surface area contributed by atoms with Crippen molar-refractivity contribution in [2.75, 3.05) is 6.61 Å². The molecule has 0 aromatic rings. The number of aliphatic hydroxyl groups excluding tert-OH is 2. The van der Waals surface area contributed by atoms with Gasteiger partial charge in [-0.05, 0) is 13.3 Å². The van der Waals surface area contributed by atoms with Crippen LogP contribution in [0.4, 0.5) is 0 Å². The van der Waals surface area contributed by atoms with Crippen LogP contribution in [0.2, 0.25) is 0 Å². The fourth-order valence-electron chi connectivity index (χ4n) is 0.187. The molecule has 1 unspecified atom stereocenters. The number of hydrogen-bond donors (Lipinski definition) is 2. The summed E-state index contributed by atoms with van der Waals surface area (Å²) in [4.78, 5) is 0. The zero-order valence-electron chi connectivity index (χ0n) is 7.52. The van der Waals surface area contributed by atoms with Crippen LogP contribution in [0.25, 0.3) is 0 Å². The Morgan fingerprint density at radius 1 is 1.42 bits per heavy atom. The maximum atomic E-state index is 8.44. The van der Waals surface area contributed by atoms with E-state index in [4.69, 9.17) is 23.5 Å². The largest absolute Gasteiger partial charge is 1.00 e. The standard InChI is InChI=1S/C4H10O2.2Li.H2O3S/c1-4(6)2-3-5;;;1-4(2)3/h4-6H,2-3H2,1H3;;;(H2,1,2,3)/q;2*+1;/p-2. The monoisotopic (exact) mass is 184 g/mol. The van der Waals surface area contributed by atoms with Gasteiger partial charge in [-0.2, -0.15) is 0 Å². The molecule has 5 nitrogen and oxygen atoms in total. The van der Waals surface area contributed by atoms with Crippen LogP contribution in [-0.2, 0) is 11.4 Å². The van der Waals surface area contributed by atoms with E-state index in [1.165, 1.54) is 0 Å². The van der Waals surface area contributed by atoms with Crippen molar-refractivity contribution in [3.05, 3.63) is 0 Å². The van der Waals surface area contributed by atoms with Gasteiger partial charge >= 0.3 is 37.7 Å². The van der Waals surface area contributed by atoms with Crippen LogP contribution in [0.3, 0.4) is 0 Å². The summed E-state index contributed by atoms with van der Waals surface area (Å²) < 4.78 is 25.3. The first-order valence-corrected chi connectivity index (χ1v) is 3.56. The Kier molecular flexibility index (Phi) is 34.9. The second-order valence-corrected chi connectivity index (χ2v) is 1.97. The van der Waals surface area contributed by atoms with Crippen molar-refractivity contribution in [1.82, 2.24) is 0 Å². The first-order chi connectivity index (χ1) is 4.50. The molecule has 2 N–H and O–H groups in total. The van der Waals surface area contributed by atoms with Gasteiger partial charge in [-0.1, -0.05) is 0 Å². The predicted molar refractivity (Wildman–Crippen MR) is 33.1 cm³/mol. The average molecular weight is 184 g/mol. The molecule has 0 saturated carbocycles. The zero-order chi connectivity index (χ0) is 8.57. The van der Waals surface area contributed by atoms with Gasteiger partial charge in [-0.15, -0.1) is 11.4 Å². The normalized spacial score (nSPS) is 10.2. The molecule has 0 aliphatic heterocycles. The third-order valence-corrected chi connectivity index (χ3v) is 0.547. The minimum Gasteiger partial charge on any atom is -0.784 e. The smallest absolute Gasteiger partial charge is 0.784 e. The SMILES string of the molecule is CC(O)CCO.O=S([O-])[O-].[Li+].[Li+]. The number of hydrogen-bond acceptors (Lipinski definition) is 5. The molecule has 0 aliphatic carbocycles. The molecule has 8 heteroatoms. The zero-order valence-corrected chi connectivity index (χ0v) is 8.34. The Bertz CT molecular complexity index is 87.5. The summed E-state index contributed by atoms with van der Waals surface area (Å²) in [5.74, 6) is 0. The van der Waals surface area contributed by atoms with Crippen molar-refractivity contribution in [2.24, 2.45) is 0 Å². The minimum atomic E-state index is -3.11. The maximum absolute atomic E-state index is 8.44. The van der Waals surface area contributed by atoms with Gasteiger partial charge in [-0.3, -0.25) is 4.21 Å². The molecule has 12 heavy (non-hydrogen) atoms. The maximum Gasteiger partial charge on any atom is 1.00 e. The van der Waals surface area contributed by atoms with Gasteiger partial charge in [0.05, 0.1) is 6.10 Å². The molecule has 0 heterocycles. The summed E-state index contributed by atoms with van der Waals surface area (Å²) in [5, 5.41) is 16.5. The van der Waals surface area contributed by atoms with E-state index in [-0.39, 0.29) is 50.4 Å². The van der Waals surface area contributed by atoms with E-state index in [1.54, 1.807) is 6.92 Å². The van der Waals surface area contributed by atoms with Crippen LogP contribution >= 0.6 is 0 Å². The van der Waals surface area contributed by atoms with E-state index in [1.807, 2.05) is 0 Å². The van der Waals surface area contributed by atoms with Gasteiger partial charge in [0.15, 0.2) is 0 Å². The van der Waals surface area contributed by atoms with Crippen LogP contribution in [-0.4, -0.2) is 36.2 Å². The molecule has 0 fully saturated rings. The average Bonchev–Trinajstić information content (AvgIpc) is 1.62. The van der Waals surface area contributed by atoms with Crippen LogP contribution in [0.1, 0.15) is 13.3 Å². The van der Waals surface area contributed by atoms with Crippen LogP contribution in [0.5, 0.6) is 0 Å². The summed E-state index contributed by atoms with van der Waals surface area (Å²) in [7, 11) is 0. The number of rotatable bonds is 2. The Hall–Kier alpha value is 1.18. The molecule has 0 amide bonds. The third-order valence-electron chi connectivity index (χ3n) is 0.547. The minimum absolute atomic E-state index is 0. The van der Waals surface area contributed by atoms with E-state index in [0.29, 0.717) is 6.42 Å². The van der Waals surface area contributed by atoms with Crippen molar-refractivity contribution in [2.45, 2.75) is 19.4 Å². The molecule has 0 aromatic heterocycles. The summed E-state index contributed by atoms with van der Waals surface area (Å²) in [6, 6.07) is 0. The van der Waals surface area contributed by atoms with Gasteiger partial charge in [0.25, 0.3) is 0 Å². The number of aliphatic hydroxyl groups is 2. The van der Waals surface area contributed by atoms with E-state index < -0.39 is 11.4 Å². The third kappa shape index (κ3) is 66.2. The Morgan fingerprint density at radius 3 is 1.67 bits per heavy atom. The predicted octanol–water partition coefficient (Wildman–Crippen LogP) is -7.25. The quantitative estimate of drug-likeness (QED) is 0.327. The molecular formula is C4H10Li2O5S. The van der Waals surface area contributed by atoms with Crippen LogP contribution in [0.15, 0.2) is 0 Å². The van der Waals surface area contributed by atoms with E-state index >= 15 is 0 Å². The molecular weight excluding hydrogens is 174 g/mol. The van der Waals surface area contributed by atoms with Gasteiger partial charge < -0.3 is 19.3 Å². The molecule has 1 atom stereocenters. The van der Waals surface area contributed by atoms with Crippen molar-refractivity contribution in [1.29, 1.82) is 0 Å². The van der Waals surface area contributed by atoms with Gasteiger partial charge in [0, 0.05) is 6.61 Å². The first-order valence-electron chi connectivity index (χ1n) is 2.56. The van der Waals surface area contributed by atoms with Gasteiger partial charge in [0.2, 0.25) is 0 Å². The Labute approximate surface area is 98.4 Å². The Morgan fingerprint density at radius 2 is 1.67 bits per heavy atom. The van der Waals surface area contributed by atoms with E-state index in [2.05, 4.69) is 0 Å². The molecule has 0 aromatic carbocycles. The van der Waals surface area contributed by atoms with Crippen molar-refractivity contribution in [3.8, 4) is 0 Å². The van der Waals surface area contributed by atoms with E-state index in [9.17, 15) is 0 Å². The van der Waals surface area contributed by atoms with Gasteiger partial charge in [-0.25, -0.2) is 0 Å². The summed E-state index contributed by atoms with van der Waals surface area (Å²) in [5.41, 5.74) is 0. The fraction of sp³-hybridized carbons (Fsp3) is 1.00. The van der Waals surface area contributed by atoms with Crippen LogP contribution < -0.4 is 37.7 Å². The van der Waals surface area contributed by atoms with Crippen LogP contribution in [0, 0.1) is 0 Å². The Balaban J connectivity index is -0.0000000483. The molecule has 0 rings (SSSR count). The van der Waals surface area contributed by atoms with Crippen molar-refractivity contribution < 1.29 is 61.2 Å². The van der Waals surface area contributed by atoms with Crippen molar-refractivity contribution in [3.63, 3.8) is 0 Å². The molecule has 0 radical (unpaired) electrons. The molecule has 0 aliphatic rings. The van der Waals surface area contributed by atoms with Crippen molar-refractivity contribution >= 4 is 11.4 Å². The molecule has 0 spiro atoms. The molecule has 0 saturated heterocycles. The first kappa shape index (κ1) is 23.2. The summed E-state index contributed by atoms with van der Waals surface area (Å²) in [6.45, 7) is 1.73. The van der Waals surface area contributed by atoms with E-state index in [0.717, 1.165) is 0 Å². The second-order valence-electron chi connectivity index (χ2n) is 1.57. The second kappa shape index (κ2) is 18.1. The summed E-state index contributed by atoms with van der Waals surface area (Å²) in [6.07, 6.45) is 0.134. The summed E-state index contributed by atoms with van der Waals surface area (Å²) >= 11 is -3.11. The van der Waals surface area contributed by atoms with Gasteiger partial charge in [0.1, 0.15) is 0 Å². The molecule has 0 bridgehead atoms. The topological polar surface area (TPSA) is 104 Å². The fourth-order valence-corrected chi connectivity index (χ4v) is 0.187. The molecule has 64 valence electrons.